The van der Waals surface area contributed by atoms with Gasteiger partial charge in [0, 0.05) is 11.4 Å². The van der Waals surface area contributed by atoms with E-state index < -0.39 is 0 Å². The molecule has 1 unspecified atom stereocenters. The van der Waals surface area contributed by atoms with Crippen molar-refractivity contribution in [3.63, 3.8) is 0 Å². The van der Waals surface area contributed by atoms with E-state index >= 15 is 0 Å². The molecule has 0 saturated carbocycles. The summed E-state index contributed by atoms with van der Waals surface area (Å²) < 4.78 is 7.66. The summed E-state index contributed by atoms with van der Waals surface area (Å²) in [5.41, 5.74) is 2.57. The molecule has 3 aromatic rings. The van der Waals surface area contributed by atoms with Gasteiger partial charge in [-0.1, -0.05) is 19.1 Å². The van der Waals surface area contributed by atoms with Crippen LogP contribution in [0.15, 0.2) is 29.1 Å². The van der Waals surface area contributed by atoms with E-state index in [1.807, 2.05) is 29.7 Å². The van der Waals surface area contributed by atoms with Crippen molar-refractivity contribution in [1.82, 2.24) is 9.55 Å². The van der Waals surface area contributed by atoms with Crippen LogP contribution in [0.2, 0.25) is 0 Å². The number of hydrogen-bond acceptors (Lipinski definition) is 4. The fourth-order valence-corrected chi connectivity index (χ4v) is 5.32. The summed E-state index contributed by atoms with van der Waals surface area (Å²) in [5.74, 6) is 2.39. The summed E-state index contributed by atoms with van der Waals surface area (Å²) in [4.78, 5) is 20.2. The zero-order chi connectivity index (χ0) is 19.0. The molecule has 0 spiro atoms. The summed E-state index contributed by atoms with van der Waals surface area (Å²) >= 11 is 1.72. The molecule has 0 radical (unpaired) electrons. The van der Waals surface area contributed by atoms with E-state index in [0.29, 0.717) is 19.1 Å². The average molecular weight is 383 g/mol. The number of thiophene rings is 1. The Hall–Kier alpha value is -2.14. The molecule has 0 saturated heterocycles. The van der Waals surface area contributed by atoms with E-state index in [1.165, 1.54) is 16.0 Å². The van der Waals surface area contributed by atoms with E-state index in [0.717, 1.165) is 47.5 Å². The third kappa shape index (κ3) is 3.65. The lowest BCUT2D eigenvalue weighted by Crippen LogP contribution is -2.25. The van der Waals surface area contributed by atoms with E-state index in [4.69, 9.17) is 9.72 Å². The molecule has 1 aromatic carbocycles. The smallest absolute Gasteiger partial charge is 0.262 e. The van der Waals surface area contributed by atoms with Crippen LogP contribution < -0.4 is 10.3 Å². The summed E-state index contributed by atoms with van der Waals surface area (Å²) in [5, 5.41) is 0.868. The fourth-order valence-electron chi connectivity index (χ4n) is 3.91. The van der Waals surface area contributed by atoms with Crippen molar-refractivity contribution in [2.24, 2.45) is 5.92 Å². The second-order valence-corrected chi connectivity index (χ2v) is 8.75. The van der Waals surface area contributed by atoms with Crippen LogP contribution in [0.1, 0.15) is 41.6 Å². The zero-order valence-corrected chi connectivity index (χ0v) is 17.1. The monoisotopic (exact) mass is 382 g/mol. The molecule has 4 nitrogen and oxygen atoms in total. The number of aromatic nitrogens is 2. The molecule has 142 valence electrons. The SMILES string of the molecule is Cc1cccc(OCCCn2c(C)nc3sc4c(c3c2=O)CCC(C)C4)c1. The van der Waals surface area contributed by atoms with E-state index in [-0.39, 0.29) is 5.56 Å². The van der Waals surface area contributed by atoms with Crippen LogP contribution in [0, 0.1) is 19.8 Å². The molecule has 0 aliphatic heterocycles. The molecule has 0 N–H and O–H groups in total. The van der Waals surface area contributed by atoms with Crippen LogP contribution in [-0.4, -0.2) is 16.2 Å². The minimum atomic E-state index is 0.125. The Morgan fingerprint density at radius 1 is 1.33 bits per heavy atom. The largest absolute Gasteiger partial charge is 0.494 e. The quantitative estimate of drug-likeness (QED) is 0.603. The average Bonchev–Trinajstić information content (AvgIpc) is 2.98. The van der Waals surface area contributed by atoms with Gasteiger partial charge >= 0.3 is 0 Å². The van der Waals surface area contributed by atoms with Gasteiger partial charge in [-0.05, 0) is 68.7 Å². The number of benzene rings is 1. The van der Waals surface area contributed by atoms with Crippen molar-refractivity contribution in [2.75, 3.05) is 6.61 Å². The van der Waals surface area contributed by atoms with E-state index in [2.05, 4.69) is 19.9 Å². The van der Waals surface area contributed by atoms with Gasteiger partial charge in [0.2, 0.25) is 0 Å². The predicted molar refractivity (Wildman–Crippen MR) is 111 cm³/mol. The molecule has 1 aliphatic rings. The van der Waals surface area contributed by atoms with E-state index in [1.54, 1.807) is 11.3 Å². The Balaban J connectivity index is 1.52. The topological polar surface area (TPSA) is 44.1 Å². The minimum absolute atomic E-state index is 0.125. The first-order valence-corrected chi connectivity index (χ1v) is 10.6. The number of fused-ring (bicyclic) bond motifs is 3. The van der Waals surface area contributed by atoms with Crippen LogP contribution in [0.3, 0.4) is 0 Å². The van der Waals surface area contributed by atoms with Crippen LogP contribution >= 0.6 is 11.3 Å². The lowest BCUT2D eigenvalue weighted by atomic mass is 9.89. The standard InChI is InChI=1S/C22H26N2O2S/c1-14-6-4-7-17(12-14)26-11-5-10-24-16(3)23-21-20(22(24)25)18-9-8-15(2)13-19(18)27-21/h4,6-7,12,15H,5,8-11,13H2,1-3H3. The normalized spacial score (nSPS) is 16.5. The number of nitrogens with zero attached hydrogens (tertiary/aromatic N) is 2. The minimum Gasteiger partial charge on any atom is -0.494 e. The number of rotatable bonds is 5. The van der Waals surface area contributed by atoms with Crippen molar-refractivity contribution in [3.05, 3.63) is 56.4 Å². The molecular formula is C22H26N2O2S. The van der Waals surface area contributed by atoms with Crippen LogP contribution in [-0.2, 0) is 19.4 Å². The summed E-state index contributed by atoms with van der Waals surface area (Å²) in [6, 6.07) is 8.05. The molecular weight excluding hydrogens is 356 g/mol. The molecule has 5 heteroatoms. The zero-order valence-electron chi connectivity index (χ0n) is 16.2. The van der Waals surface area contributed by atoms with Crippen molar-refractivity contribution in [1.29, 1.82) is 0 Å². The Kier molecular flexibility index (Phi) is 5.04. The van der Waals surface area contributed by atoms with Crippen molar-refractivity contribution >= 4 is 21.6 Å². The second-order valence-electron chi connectivity index (χ2n) is 7.67. The molecule has 1 atom stereocenters. The van der Waals surface area contributed by atoms with Gasteiger partial charge in [0.1, 0.15) is 16.4 Å². The highest BCUT2D eigenvalue weighted by atomic mass is 32.1. The predicted octanol–water partition coefficient (Wildman–Crippen LogP) is 4.67. The summed E-state index contributed by atoms with van der Waals surface area (Å²) in [7, 11) is 0. The van der Waals surface area contributed by atoms with Gasteiger partial charge < -0.3 is 4.74 Å². The molecule has 4 rings (SSSR count). The Morgan fingerprint density at radius 3 is 3.00 bits per heavy atom. The maximum absolute atomic E-state index is 13.2. The van der Waals surface area contributed by atoms with Crippen molar-refractivity contribution in [2.45, 2.75) is 53.0 Å². The Morgan fingerprint density at radius 2 is 2.19 bits per heavy atom. The Bertz CT molecular complexity index is 1030. The number of hydrogen-bond donors (Lipinski definition) is 0. The van der Waals surface area contributed by atoms with Gasteiger partial charge in [0.05, 0.1) is 12.0 Å². The maximum Gasteiger partial charge on any atom is 0.262 e. The van der Waals surface area contributed by atoms with Crippen LogP contribution in [0.5, 0.6) is 5.75 Å². The number of ether oxygens (including phenoxy) is 1. The first-order chi connectivity index (χ1) is 13.0. The fraction of sp³-hybridized carbons (Fsp3) is 0.455. The highest BCUT2D eigenvalue weighted by Crippen LogP contribution is 2.35. The third-order valence-corrected chi connectivity index (χ3v) is 6.54. The third-order valence-electron chi connectivity index (χ3n) is 5.39. The van der Waals surface area contributed by atoms with Crippen LogP contribution in [0.4, 0.5) is 0 Å². The molecule has 2 aromatic heterocycles. The van der Waals surface area contributed by atoms with Crippen molar-refractivity contribution in [3.8, 4) is 5.75 Å². The Labute approximate surface area is 163 Å². The molecule has 0 amide bonds. The summed E-state index contributed by atoms with van der Waals surface area (Å²) in [6.07, 6.45) is 4.04. The highest BCUT2D eigenvalue weighted by Gasteiger charge is 2.23. The van der Waals surface area contributed by atoms with Gasteiger partial charge in [-0.25, -0.2) is 4.98 Å². The van der Waals surface area contributed by atoms with E-state index in [9.17, 15) is 4.79 Å². The van der Waals surface area contributed by atoms with Gasteiger partial charge in [-0.3, -0.25) is 9.36 Å². The van der Waals surface area contributed by atoms with Gasteiger partial charge in [0.25, 0.3) is 5.56 Å². The van der Waals surface area contributed by atoms with Crippen molar-refractivity contribution < 1.29 is 4.74 Å². The lowest BCUT2D eigenvalue weighted by Gasteiger charge is -2.17. The molecule has 0 fully saturated rings. The summed E-state index contributed by atoms with van der Waals surface area (Å²) in [6.45, 7) is 7.51. The van der Waals surface area contributed by atoms with Gasteiger partial charge in [0.15, 0.2) is 0 Å². The highest BCUT2D eigenvalue weighted by molar-refractivity contribution is 7.18. The molecule has 27 heavy (non-hydrogen) atoms. The van der Waals surface area contributed by atoms with Crippen LogP contribution in [0.25, 0.3) is 10.2 Å². The molecule has 1 aliphatic carbocycles. The van der Waals surface area contributed by atoms with Gasteiger partial charge in [-0.2, -0.15) is 0 Å². The maximum atomic E-state index is 13.2. The first-order valence-electron chi connectivity index (χ1n) is 9.74. The lowest BCUT2D eigenvalue weighted by molar-refractivity contribution is 0.300. The second kappa shape index (κ2) is 7.47. The first kappa shape index (κ1) is 18.2. The molecule has 2 heterocycles. The number of aryl methyl sites for hydroxylation is 3. The van der Waals surface area contributed by atoms with Gasteiger partial charge in [-0.15, -0.1) is 11.3 Å². The molecule has 0 bridgehead atoms.